The van der Waals surface area contributed by atoms with Gasteiger partial charge in [0.05, 0.1) is 18.7 Å². The molecule has 1 amide bonds. The van der Waals surface area contributed by atoms with Crippen molar-refractivity contribution in [3.8, 4) is 11.5 Å². The molecule has 6 nitrogen and oxygen atoms in total. The lowest BCUT2D eigenvalue weighted by atomic mass is 9.96. The number of aliphatic hydroxyl groups excluding tert-OH is 1. The molecule has 0 saturated carbocycles. The van der Waals surface area contributed by atoms with Crippen molar-refractivity contribution in [2.75, 3.05) is 32.8 Å². The number of hydrogen-bond acceptors (Lipinski definition) is 5. The van der Waals surface area contributed by atoms with Crippen LogP contribution in [0.1, 0.15) is 57.1 Å². The van der Waals surface area contributed by atoms with Gasteiger partial charge in [0.2, 0.25) is 5.91 Å². The standard InChI is InChI=1S/C22H32N2O4/c1-2-19(25)18-6-3-4-10-23(18)15-22(26)24-11-5-7-17(24)16-8-9-20-21(14-16)28-13-12-27-20/h8-9,14,17-19,25H,2-7,10-13,15H2,1H3. The van der Waals surface area contributed by atoms with Gasteiger partial charge in [-0.05, 0) is 56.3 Å². The SMILES string of the molecule is CCC(O)C1CCCCN1CC(=O)N1CCCC1c1ccc2c(c1)OCCO2. The summed E-state index contributed by atoms with van der Waals surface area (Å²) in [7, 11) is 0. The number of benzene rings is 1. The van der Waals surface area contributed by atoms with E-state index in [1.54, 1.807) is 0 Å². The fourth-order valence-electron chi connectivity index (χ4n) is 4.86. The second-order valence-electron chi connectivity index (χ2n) is 8.16. The Kier molecular flexibility index (Phi) is 6.07. The predicted octanol–water partition coefficient (Wildman–Crippen LogP) is 2.75. The van der Waals surface area contributed by atoms with Crippen molar-refractivity contribution in [1.29, 1.82) is 0 Å². The molecule has 0 spiro atoms. The number of nitrogens with zero attached hydrogens (tertiary/aromatic N) is 2. The third kappa shape index (κ3) is 3.98. The molecule has 0 aliphatic carbocycles. The van der Waals surface area contributed by atoms with E-state index in [0.29, 0.717) is 19.8 Å². The first-order valence-corrected chi connectivity index (χ1v) is 10.8. The highest BCUT2D eigenvalue weighted by Gasteiger charge is 2.34. The minimum Gasteiger partial charge on any atom is -0.486 e. The van der Waals surface area contributed by atoms with E-state index in [2.05, 4.69) is 11.0 Å². The molecule has 0 radical (unpaired) electrons. The van der Waals surface area contributed by atoms with Gasteiger partial charge in [0, 0.05) is 12.6 Å². The Balaban J connectivity index is 1.46. The second-order valence-corrected chi connectivity index (χ2v) is 8.16. The van der Waals surface area contributed by atoms with E-state index < -0.39 is 0 Å². The summed E-state index contributed by atoms with van der Waals surface area (Å²) >= 11 is 0. The van der Waals surface area contributed by atoms with Gasteiger partial charge in [-0.15, -0.1) is 0 Å². The Labute approximate surface area is 167 Å². The molecule has 2 fully saturated rings. The zero-order valence-electron chi connectivity index (χ0n) is 16.8. The monoisotopic (exact) mass is 388 g/mol. The average Bonchev–Trinajstić information content (AvgIpc) is 3.23. The van der Waals surface area contributed by atoms with Gasteiger partial charge in [0.25, 0.3) is 0 Å². The zero-order chi connectivity index (χ0) is 19.5. The molecule has 0 bridgehead atoms. The maximum Gasteiger partial charge on any atom is 0.237 e. The molecular formula is C22H32N2O4. The van der Waals surface area contributed by atoms with Gasteiger partial charge in [0.15, 0.2) is 11.5 Å². The van der Waals surface area contributed by atoms with Gasteiger partial charge in [-0.2, -0.15) is 0 Å². The fraction of sp³-hybridized carbons (Fsp3) is 0.682. The Morgan fingerprint density at radius 3 is 2.79 bits per heavy atom. The van der Waals surface area contributed by atoms with Crippen molar-refractivity contribution in [1.82, 2.24) is 9.80 Å². The number of piperidine rings is 1. The highest BCUT2D eigenvalue weighted by Crippen LogP contribution is 2.38. The second kappa shape index (κ2) is 8.70. The third-order valence-corrected chi connectivity index (χ3v) is 6.39. The molecule has 3 heterocycles. The van der Waals surface area contributed by atoms with Crippen LogP contribution in [0.15, 0.2) is 18.2 Å². The van der Waals surface area contributed by atoms with Crippen molar-refractivity contribution in [3.05, 3.63) is 23.8 Å². The lowest BCUT2D eigenvalue weighted by Gasteiger charge is -2.39. The number of likely N-dealkylation sites (tertiary alicyclic amines) is 2. The molecule has 154 valence electrons. The Bertz CT molecular complexity index is 695. The molecule has 3 aliphatic heterocycles. The number of aliphatic hydroxyl groups is 1. The van der Waals surface area contributed by atoms with Gasteiger partial charge < -0.3 is 19.5 Å². The number of amides is 1. The van der Waals surface area contributed by atoms with Gasteiger partial charge in [-0.25, -0.2) is 0 Å². The smallest absolute Gasteiger partial charge is 0.237 e. The summed E-state index contributed by atoms with van der Waals surface area (Å²) in [5.41, 5.74) is 1.12. The maximum absolute atomic E-state index is 13.2. The summed E-state index contributed by atoms with van der Waals surface area (Å²) in [4.78, 5) is 17.4. The summed E-state index contributed by atoms with van der Waals surface area (Å²) in [6.07, 6.45) is 5.60. The number of carbonyl (C=O) groups excluding carboxylic acids is 1. The van der Waals surface area contributed by atoms with Crippen LogP contribution < -0.4 is 9.47 Å². The van der Waals surface area contributed by atoms with Gasteiger partial charge in [0.1, 0.15) is 13.2 Å². The molecule has 3 aliphatic rings. The van der Waals surface area contributed by atoms with E-state index in [1.165, 1.54) is 0 Å². The Morgan fingerprint density at radius 1 is 1.14 bits per heavy atom. The molecule has 1 aromatic carbocycles. The largest absolute Gasteiger partial charge is 0.486 e. The lowest BCUT2D eigenvalue weighted by Crippen LogP contribution is -2.51. The van der Waals surface area contributed by atoms with Crippen molar-refractivity contribution < 1.29 is 19.4 Å². The van der Waals surface area contributed by atoms with Crippen LogP contribution in [0, 0.1) is 0 Å². The van der Waals surface area contributed by atoms with Crippen LogP contribution in [-0.4, -0.2) is 65.8 Å². The molecule has 3 atom stereocenters. The zero-order valence-corrected chi connectivity index (χ0v) is 16.8. The minimum atomic E-state index is -0.347. The quantitative estimate of drug-likeness (QED) is 0.840. The molecule has 3 unspecified atom stereocenters. The first-order valence-electron chi connectivity index (χ1n) is 10.8. The van der Waals surface area contributed by atoms with Gasteiger partial charge >= 0.3 is 0 Å². The molecule has 1 N–H and O–H groups in total. The van der Waals surface area contributed by atoms with Crippen molar-refractivity contribution in [2.24, 2.45) is 0 Å². The average molecular weight is 389 g/mol. The van der Waals surface area contributed by atoms with Gasteiger partial charge in [-0.3, -0.25) is 9.69 Å². The van der Waals surface area contributed by atoms with Crippen LogP contribution in [0.5, 0.6) is 11.5 Å². The molecule has 2 saturated heterocycles. The van der Waals surface area contributed by atoms with E-state index in [4.69, 9.17) is 9.47 Å². The van der Waals surface area contributed by atoms with Gasteiger partial charge in [-0.1, -0.05) is 19.4 Å². The Morgan fingerprint density at radius 2 is 1.96 bits per heavy atom. The van der Waals surface area contributed by atoms with Crippen LogP contribution in [0.3, 0.4) is 0 Å². The van der Waals surface area contributed by atoms with Crippen molar-refractivity contribution in [2.45, 2.75) is 63.6 Å². The summed E-state index contributed by atoms with van der Waals surface area (Å²) < 4.78 is 11.4. The molecule has 6 heteroatoms. The van der Waals surface area contributed by atoms with E-state index >= 15 is 0 Å². The fourth-order valence-corrected chi connectivity index (χ4v) is 4.86. The summed E-state index contributed by atoms with van der Waals surface area (Å²) in [5.74, 6) is 1.74. The first-order chi connectivity index (χ1) is 13.7. The number of fused-ring (bicyclic) bond motifs is 1. The number of ether oxygens (including phenoxy) is 2. The molecule has 28 heavy (non-hydrogen) atoms. The van der Waals surface area contributed by atoms with E-state index in [1.807, 2.05) is 24.0 Å². The number of carbonyl (C=O) groups is 1. The van der Waals surface area contributed by atoms with Crippen LogP contribution >= 0.6 is 0 Å². The molecular weight excluding hydrogens is 356 g/mol. The topological polar surface area (TPSA) is 62.2 Å². The van der Waals surface area contributed by atoms with Crippen LogP contribution in [0.25, 0.3) is 0 Å². The van der Waals surface area contributed by atoms with Crippen molar-refractivity contribution >= 4 is 5.91 Å². The van der Waals surface area contributed by atoms with Crippen LogP contribution in [0.2, 0.25) is 0 Å². The van der Waals surface area contributed by atoms with Crippen molar-refractivity contribution in [3.63, 3.8) is 0 Å². The Hall–Kier alpha value is -1.79. The molecule has 4 rings (SSSR count). The van der Waals surface area contributed by atoms with E-state index in [-0.39, 0.29) is 24.1 Å². The van der Waals surface area contributed by atoms with Crippen LogP contribution in [-0.2, 0) is 4.79 Å². The predicted molar refractivity (Wildman–Crippen MR) is 107 cm³/mol. The molecule has 0 aromatic heterocycles. The van der Waals surface area contributed by atoms with Crippen LogP contribution in [0.4, 0.5) is 0 Å². The third-order valence-electron chi connectivity index (χ3n) is 6.39. The highest BCUT2D eigenvalue weighted by atomic mass is 16.6. The summed E-state index contributed by atoms with van der Waals surface area (Å²) in [6.45, 7) is 5.27. The highest BCUT2D eigenvalue weighted by molar-refractivity contribution is 5.79. The summed E-state index contributed by atoms with van der Waals surface area (Å²) in [6, 6.07) is 6.27. The van der Waals surface area contributed by atoms with E-state index in [0.717, 1.165) is 68.7 Å². The first kappa shape index (κ1) is 19.5. The molecule has 1 aromatic rings. The number of rotatable bonds is 5. The maximum atomic E-state index is 13.2. The van der Waals surface area contributed by atoms with E-state index in [9.17, 15) is 9.90 Å². The number of hydrogen-bond donors (Lipinski definition) is 1. The normalized spacial score (nSPS) is 26.3. The summed E-state index contributed by atoms with van der Waals surface area (Å²) in [5, 5.41) is 10.4. The lowest BCUT2D eigenvalue weighted by molar-refractivity contribution is -0.135. The minimum absolute atomic E-state index is 0.0997.